The second-order valence-corrected chi connectivity index (χ2v) is 11.4. The van der Waals surface area contributed by atoms with Crippen LogP contribution in [0.25, 0.3) is 10.9 Å². The molecule has 4 N–H and O–H groups in total. The minimum atomic E-state index is -0.913. The van der Waals surface area contributed by atoms with Crippen LogP contribution in [0.3, 0.4) is 0 Å². The molecule has 6 atom stereocenters. The summed E-state index contributed by atoms with van der Waals surface area (Å²) >= 11 is 0. The van der Waals surface area contributed by atoms with Crippen LogP contribution in [0.1, 0.15) is 48.9 Å². The van der Waals surface area contributed by atoms with Gasteiger partial charge in [0.15, 0.2) is 0 Å². The molecule has 2 bridgehead atoms. The molecule has 6 rings (SSSR count). The maximum absolute atomic E-state index is 14.3. The van der Waals surface area contributed by atoms with Crippen molar-refractivity contribution in [2.75, 3.05) is 6.61 Å². The van der Waals surface area contributed by atoms with Crippen LogP contribution in [0, 0.1) is 23.7 Å². The van der Waals surface area contributed by atoms with Crippen LogP contribution in [0.5, 0.6) is 0 Å². The van der Waals surface area contributed by atoms with Gasteiger partial charge in [0.1, 0.15) is 5.41 Å². The molecule has 38 heavy (non-hydrogen) atoms. The van der Waals surface area contributed by atoms with E-state index in [1.54, 1.807) is 0 Å². The number of carbonyl (C=O) groups excluding carboxylic acids is 2. The number of aliphatic hydroxyl groups excluding tert-OH is 1. The summed E-state index contributed by atoms with van der Waals surface area (Å²) in [4.78, 5) is 34.3. The number of fused-ring (bicyclic) bond motifs is 3. The van der Waals surface area contributed by atoms with E-state index in [-0.39, 0.29) is 48.0 Å². The Hall–Kier alpha value is -3.64. The third-order valence-electron chi connectivity index (χ3n) is 9.11. The number of allylic oxidation sites excluding steroid dienone is 5. The van der Waals surface area contributed by atoms with E-state index in [1.165, 1.54) is 0 Å². The molecule has 4 heterocycles. The summed E-state index contributed by atoms with van der Waals surface area (Å²) in [6, 6.07) is 11.8. The molecule has 0 saturated carbocycles. The fraction of sp³-hybridized carbons (Fsp3) is 0.375. The zero-order valence-electron chi connectivity index (χ0n) is 22.1. The van der Waals surface area contributed by atoms with Gasteiger partial charge in [0.2, 0.25) is 11.7 Å². The first-order valence-electron chi connectivity index (χ1n) is 13.6. The summed E-state index contributed by atoms with van der Waals surface area (Å²) in [5.74, 6) is -0.288. The van der Waals surface area contributed by atoms with Crippen molar-refractivity contribution in [3.63, 3.8) is 0 Å². The van der Waals surface area contributed by atoms with Gasteiger partial charge < -0.3 is 20.4 Å². The van der Waals surface area contributed by atoms with E-state index in [0.717, 1.165) is 34.2 Å². The van der Waals surface area contributed by atoms with Crippen LogP contribution >= 0.6 is 0 Å². The van der Waals surface area contributed by atoms with Gasteiger partial charge in [0.05, 0.1) is 12.3 Å². The number of amides is 1. The Morgan fingerprint density at radius 2 is 1.89 bits per heavy atom. The number of Topliss-reactive ketones (excluding diaryl/α,β-unsaturated/α-hetero) is 1. The highest BCUT2D eigenvalue weighted by atomic mass is 16.3. The van der Waals surface area contributed by atoms with Gasteiger partial charge in [-0.3, -0.25) is 9.59 Å². The summed E-state index contributed by atoms with van der Waals surface area (Å²) < 4.78 is 0. The zero-order valence-corrected chi connectivity index (χ0v) is 22.1. The number of nitrogens with one attached hydrogen (secondary N) is 3. The molecule has 3 aromatic rings. The van der Waals surface area contributed by atoms with Gasteiger partial charge in [-0.1, -0.05) is 56.4 Å². The Kier molecular flexibility index (Phi) is 6.03. The lowest BCUT2D eigenvalue weighted by molar-refractivity contribution is -0.126. The smallest absolute Gasteiger partial charge is 0.233 e. The van der Waals surface area contributed by atoms with Gasteiger partial charge in [-0.2, -0.15) is 0 Å². The van der Waals surface area contributed by atoms with Gasteiger partial charge in [0.25, 0.3) is 0 Å². The van der Waals surface area contributed by atoms with Gasteiger partial charge in [-0.05, 0) is 66.5 Å². The molecule has 6 heteroatoms. The van der Waals surface area contributed by atoms with Crippen LogP contribution < -0.4 is 5.32 Å². The highest BCUT2D eigenvalue weighted by Crippen LogP contribution is 2.55. The summed E-state index contributed by atoms with van der Waals surface area (Å²) in [6.45, 7) is 6.04. The van der Waals surface area contributed by atoms with Crippen molar-refractivity contribution < 1.29 is 14.7 Å². The summed E-state index contributed by atoms with van der Waals surface area (Å²) in [5.41, 5.74) is 4.26. The SMILES string of the molecule is C/C1=C\[C@@H](C)C/C=C/[C@H]2C=C(CO)[C@@H](C)C3[C@H](Cc4c[nH]c5ccccc45)NC(=O)[C@]32c2ccc([nH]2)C1=O. The van der Waals surface area contributed by atoms with Gasteiger partial charge >= 0.3 is 0 Å². The maximum atomic E-state index is 14.3. The number of H-pyrrole nitrogens is 2. The van der Waals surface area contributed by atoms with E-state index < -0.39 is 5.41 Å². The number of aromatic amines is 2. The molecule has 1 aliphatic carbocycles. The quantitative estimate of drug-likeness (QED) is 0.374. The average molecular weight is 510 g/mol. The number of rotatable bonds is 3. The molecule has 3 aliphatic rings. The van der Waals surface area contributed by atoms with Crippen molar-refractivity contribution >= 4 is 22.6 Å². The van der Waals surface area contributed by atoms with Crippen LogP contribution in [0.2, 0.25) is 0 Å². The molecular weight excluding hydrogens is 474 g/mol. The summed E-state index contributed by atoms with van der Waals surface area (Å²) in [6.07, 6.45) is 11.9. The number of para-hydroxylation sites is 1. The molecule has 1 amide bonds. The predicted molar refractivity (Wildman–Crippen MR) is 149 cm³/mol. The molecule has 0 radical (unpaired) electrons. The minimum Gasteiger partial charge on any atom is -0.392 e. The monoisotopic (exact) mass is 509 g/mol. The van der Waals surface area contributed by atoms with Crippen LogP contribution in [-0.4, -0.2) is 39.4 Å². The van der Waals surface area contributed by atoms with Gasteiger partial charge in [-0.15, -0.1) is 0 Å². The van der Waals surface area contributed by atoms with Crippen molar-refractivity contribution in [1.82, 2.24) is 15.3 Å². The predicted octanol–water partition coefficient (Wildman–Crippen LogP) is 5.00. The number of ketones is 1. The molecular formula is C32H35N3O3. The van der Waals surface area contributed by atoms with Crippen molar-refractivity contribution in [3.8, 4) is 0 Å². The molecule has 1 unspecified atom stereocenters. The molecule has 196 valence electrons. The Morgan fingerprint density at radius 1 is 1.08 bits per heavy atom. The standard InChI is InChI=1S/C32H35N3O3/c1-18-7-6-8-23-14-22(17-36)20(3)29-27(15-21-16-33-25-10-5-4-9-24(21)25)35-31(38)32(23,29)28-12-11-26(34-28)30(37)19(2)13-18/h4-6,8-14,16,18,20,23,27,29,33-34,36H,7,15,17H2,1-3H3,(H,35,38)/b8-6+,19-13+/t18-,20+,23-,27-,29?,32+/m0/s1. The minimum absolute atomic E-state index is 0.0275. The Bertz CT molecular complexity index is 1500. The highest BCUT2D eigenvalue weighted by Gasteiger charge is 2.63. The fourth-order valence-corrected chi connectivity index (χ4v) is 7.30. The van der Waals surface area contributed by atoms with E-state index in [9.17, 15) is 14.7 Å². The molecule has 1 fully saturated rings. The first kappa shape index (κ1) is 24.7. The van der Waals surface area contributed by atoms with Crippen molar-refractivity contribution in [3.05, 3.63) is 95.0 Å². The number of benzene rings is 1. The van der Waals surface area contributed by atoms with Crippen molar-refractivity contribution in [2.45, 2.75) is 45.1 Å². The number of hydrogen-bond donors (Lipinski definition) is 4. The third-order valence-corrected chi connectivity index (χ3v) is 9.11. The average Bonchev–Trinajstić information content (AvgIpc) is 3.62. The molecule has 2 aromatic heterocycles. The fourth-order valence-electron chi connectivity index (χ4n) is 7.30. The Morgan fingerprint density at radius 3 is 2.71 bits per heavy atom. The lowest BCUT2D eigenvalue weighted by Gasteiger charge is -2.45. The first-order chi connectivity index (χ1) is 18.3. The van der Waals surface area contributed by atoms with Crippen LogP contribution in [-0.2, 0) is 16.6 Å². The highest BCUT2D eigenvalue weighted by molar-refractivity contribution is 6.07. The first-order valence-corrected chi connectivity index (χ1v) is 13.6. The van der Waals surface area contributed by atoms with Gasteiger partial charge in [0, 0.05) is 40.7 Å². The topological polar surface area (TPSA) is 98.0 Å². The summed E-state index contributed by atoms with van der Waals surface area (Å²) in [7, 11) is 0. The normalized spacial score (nSPS) is 33.3. The summed E-state index contributed by atoms with van der Waals surface area (Å²) in [5, 5.41) is 14.9. The number of aliphatic hydroxyl groups is 1. The van der Waals surface area contributed by atoms with Crippen LogP contribution in [0.15, 0.2) is 78.0 Å². The Labute approximate surface area is 222 Å². The van der Waals surface area contributed by atoms with Gasteiger partial charge in [-0.25, -0.2) is 0 Å². The van der Waals surface area contributed by atoms with E-state index in [4.69, 9.17) is 0 Å². The number of hydrogen-bond acceptors (Lipinski definition) is 3. The molecule has 1 spiro atoms. The number of aromatic nitrogens is 2. The van der Waals surface area contributed by atoms with E-state index in [1.807, 2.05) is 43.5 Å². The number of carbonyl (C=O) groups is 2. The zero-order chi connectivity index (χ0) is 26.6. The molecule has 1 aromatic carbocycles. The third kappa shape index (κ3) is 3.65. The lowest BCUT2D eigenvalue weighted by Crippen LogP contribution is -2.51. The van der Waals surface area contributed by atoms with E-state index in [0.29, 0.717) is 17.7 Å². The van der Waals surface area contributed by atoms with Crippen LogP contribution in [0.4, 0.5) is 0 Å². The Balaban J connectivity index is 1.52. The van der Waals surface area contributed by atoms with Crippen molar-refractivity contribution in [1.29, 1.82) is 0 Å². The maximum Gasteiger partial charge on any atom is 0.233 e. The second-order valence-electron chi connectivity index (χ2n) is 11.4. The van der Waals surface area contributed by atoms with E-state index >= 15 is 0 Å². The lowest BCUT2D eigenvalue weighted by atomic mass is 9.55. The molecule has 6 nitrogen and oxygen atoms in total. The largest absolute Gasteiger partial charge is 0.392 e. The van der Waals surface area contributed by atoms with Crippen molar-refractivity contribution in [2.24, 2.45) is 23.7 Å². The molecule has 2 aliphatic heterocycles. The van der Waals surface area contributed by atoms with E-state index in [2.05, 4.69) is 59.5 Å². The molecule has 1 saturated heterocycles. The second kappa shape index (κ2) is 9.28.